The highest BCUT2D eigenvalue weighted by atomic mass is 79.9. The maximum absolute atomic E-state index is 12.1. The highest BCUT2D eigenvalue weighted by molar-refractivity contribution is 9.10. The molecule has 1 aromatic carbocycles. The lowest BCUT2D eigenvalue weighted by molar-refractivity contribution is -0.191. The summed E-state index contributed by atoms with van der Waals surface area (Å²) in [6.45, 7) is 0.378. The number of rotatable bonds is 2. The van der Waals surface area contributed by atoms with Crippen molar-refractivity contribution in [3.63, 3.8) is 0 Å². The molecule has 0 aromatic heterocycles. The molecule has 0 unspecified atom stereocenters. The van der Waals surface area contributed by atoms with Crippen molar-refractivity contribution < 1.29 is 18.0 Å². The summed E-state index contributed by atoms with van der Waals surface area (Å²) in [7, 11) is 0. The molecular weight excluding hydrogens is 311 g/mol. The van der Waals surface area contributed by atoms with Crippen LogP contribution in [0.5, 0.6) is 0 Å². The van der Waals surface area contributed by atoms with Gasteiger partial charge in [0.1, 0.15) is 0 Å². The van der Waals surface area contributed by atoms with E-state index in [4.69, 9.17) is 0 Å². The van der Waals surface area contributed by atoms with Crippen LogP contribution in [-0.2, 0) is 11.2 Å². The molecule has 1 aromatic rings. The normalized spacial score (nSPS) is 16.6. The van der Waals surface area contributed by atoms with E-state index in [9.17, 15) is 18.0 Å². The molecule has 98 valence electrons. The smallest absolute Gasteiger partial charge is 0.334 e. The van der Waals surface area contributed by atoms with Gasteiger partial charge >= 0.3 is 12.1 Å². The zero-order valence-electron chi connectivity index (χ0n) is 9.38. The fourth-order valence-corrected chi connectivity index (χ4v) is 2.26. The van der Waals surface area contributed by atoms with Crippen LogP contribution in [0.2, 0.25) is 0 Å². The topological polar surface area (TPSA) is 20.3 Å². The molecule has 0 saturated carbocycles. The van der Waals surface area contributed by atoms with Gasteiger partial charge in [0, 0.05) is 17.6 Å². The number of hydrogen-bond donors (Lipinski definition) is 0. The molecule has 0 spiro atoms. The number of carbonyl (C=O) groups excluding carboxylic acids is 1. The molecule has 1 fully saturated rings. The monoisotopic (exact) mass is 321 g/mol. The molecule has 1 aliphatic rings. The Labute approximate surface area is 111 Å². The van der Waals surface area contributed by atoms with E-state index in [2.05, 4.69) is 15.9 Å². The average molecular weight is 322 g/mol. The van der Waals surface area contributed by atoms with Gasteiger partial charge in [0.25, 0.3) is 0 Å². The summed E-state index contributed by atoms with van der Waals surface area (Å²) in [5.41, 5.74) is 1.07. The largest absolute Gasteiger partial charge is 0.471 e. The summed E-state index contributed by atoms with van der Waals surface area (Å²) in [5.74, 6) is -1.60. The van der Waals surface area contributed by atoms with E-state index in [0.717, 1.165) is 14.9 Å². The second kappa shape index (κ2) is 4.91. The number of carbonyl (C=O) groups is 1. The summed E-state index contributed by atoms with van der Waals surface area (Å²) in [4.78, 5) is 11.7. The van der Waals surface area contributed by atoms with E-state index < -0.39 is 12.1 Å². The quantitative estimate of drug-likeness (QED) is 0.820. The highest BCUT2D eigenvalue weighted by Gasteiger charge is 2.46. The molecule has 0 N–H and O–H groups in total. The summed E-state index contributed by atoms with van der Waals surface area (Å²) >= 11 is 3.32. The van der Waals surface area contributed by atoms with Crippen LogP contribution in [0.3, 0.4) is 0 Å². The lowest BCUT2D eigenvalue weighted by Gasteiger charge is -2.39. The van der Waals surface area contributed by atoms with E-state index >= 15 is 0 Å². The van der Waals surface area contributed by atoms with Crippen molar-refractivity contribution in [2.24, 2.45) is 5.92 Å². The lowest BCUT2D eigenvalue weighted by Crippen LogP contribution is -2.54. The molecule has 1 aliphatic heterocycles. The van der Waals surface area contributed by atoms with Crippen LogP contribution in [0.15, 0.2) is 28.7 Å². The van der Waals surface area contributed by atoms with Crippen LogP contribution in [0.1, 0.15) is 5.56 Å². The van der Waals surface area contributed by atoms with Gasteiger partial charge in [-0.1, -0.05) is 28.1 Å². The summed E-state index contributed by atoms with van der Waals surface area (Å²) in [6, 6.07) is 7.65. The van der Waals surface area contributed by atoms with Crippen LogP contribution >= 0.6 is 15.9 Å². The molecule has 0 aliphatic carbocycles. The average Bonchev–Trinajstić information content (AvgIpc) is 2.23. The number of hydrogen-bond acceptors (Lipinski definition) is 1. The van der Waals surface area contributed by atoms with Gasteiger partial charge in [0.05, 0.1) is 0 Å². The number of nitrogens with zero attached hydrogens (tertiary/aromatic N) is 1. The lowest BCUT2D eigenvalue weighted by atomic mass is 9.92. The van der Waals surface area contributed by atoms with E-state index in [0.29, 0.717) is 6.42 Å². The highest BCUT2D eigenvalue weighted by Crippen LogP contribution is 2.27. The minimum Gasteiger partial charge on any atom is -0.334 e. The summed E-state index contributed by atoms with van der Waals surface area (Å²) in [6.07, 6.45) is -4.04. The van der Waals surface area contributed by atoms with Crippen molar-refractivity contribution in [3.8, 4) is 0 Å². The van der Waals surface area contributed by atoms with Crippen LogP contribution in [0, 0.1) is 5.92 Å². The minimum absolute atomic E-state index is 0.123. The van der Waals surface area contributed by atoms with Gasteiger partial charge in [0.15, 0.2) is 0 Å². The Hall–Kier alpha value is -1.04. The third-order valence-electron chi connectivity index (χ3n) is 2.92. The van der Waals surface area contributed by atoms with Crippen molar-refractivity contribution in [2.45, 2.75) is 12.6 Å². The fourth-order valence-electron chi connectivity index (χ4n) is 2.00. The summed E-state index contributed by atoms with van der Waals surface area (Å²) in [5, 5.41) is 0. The Morgan fingerprint density at radius 2 is 1.83 bits per heavy atom. The fraction of sp³-hybridized carbons (Fsp3) is 0.417. The van der Waals surface area contributed by atoms with E-state index in [-0.39, 0.29) is 19.0 Å². The maximum atomic E-state index is 12.1. The number of alkyl halides is 3. The van der Waals surface area contributed by atoms with Crippen LogP contribution in [-0.4, -0.2) is 30.1 Å². The predicted molar refractivity (Wildman–Crippen MR) is 64.0 cm³/mol. The molecule has 0 atom stereocenters. The second-order valence-corrected chi connectivity index (χ2v) is 5.32. The maximum Gasteiger partial charge on any atom is 0.471 e. The van der Waals surface area contributed by atoms with E-state index in [1.54, 1.807) is 0 Å². The minimum atomic E-state index is -4.75. The molecule has 18 heavy (non-hydrogen) atoms. The predicted octanol–water partition coefficient (Wildman–Crippen LogP) is 3.01. The van der Waals surface area contributed by atoms with E-state index in [1.165, 1.54) is 0 Å². The first-order chi connectivity index (χ1) is 8.36. The molecule has 1 amide bonds. The van der Waals surface area contributed by atoms with Crippen molar-refractivity contribution in [1.82, 2.24) is 4.90 Å². The van der Waals surface area contributed by atoms with Crippen LogP contribution in [0.4, 0.5) is 13.2 Å². The first kappa shape index (κ1) is 13.4. The van der Waals surface area contributed by atoms with Gasteiger partial charge in [-0.05, 0) is 30.0 Å². The molecule has 2 nitrogen and oxygen atoms in total. The van der Waals surface area contributed by atoms with Gasteiger partial charge < -0.3 is 4.90 Å². The third kappa shape index (κ3) is 3.04. The number of benzene rings is 1. The molecule has 1 heterocycles. The molecule has 0 radical (unpaired) electrons. The van der Waals surface area contributed by atoms with Gasteiger partial charge in [-0.3, -0.25) is 4.79 Å². The third-order valence-corrected chi connectivity index (χ3v) is 3.45. The Balaban J connectivity index is 1.83. The van der Waals surface area contributed by atoms with Crippen molar-refractivity contribution in [1.29, 1.82) is 0 Å². The van der Waals surface area contributed by atoms with E-state index in [1.807, 2.05) is 24.3 Å². The molecule has 2 rings (SSSR count). The number of amides is 1. The molecule has 0 bridgehead atoms. The zero-order valence-corrected chi connectivity index (χ0v) is 11.0. The molecule has 1 saturated heterocycles. The van der Waals surface area contributed by atoms with Gasteiger partial charge in [-0.2, -0.15) is 13.2 Å². The zero-order chi connectivity index (χ0) is 13.3. The number of halogens is 4. The standard InChI is InChI=1S/C12H11BrF3NO/c13-10-3-1-8(2-4-10)5-9-6-17(7-9)11(18)12(14,15)16/h1-4,9H,5-7H2. The first-order valence-electron chi connectivity index (χ1n) is 5.47. The molecular formula is C12H11BrF3NO. The van der Waals surface area contributed by atoms with Gasteiger partial charge in [0.2, 0.25) is 0 Å². The van der Waals surface area contributed by atoms with Gasteiger partial charge in [-0.15, -0.1) is 0 Å². The Morgan fingerprint density at radius 1 is 1.28 bits per heavy atom. The van der Waals surface area contributed by atoms with Crippen molar-refractivity contribution >= 4 is 21.8 Å². The first-order valence-corrected chi connectivity index (χ1v) is 6.26. The summed E-state index contributed by atoms with van der Waals surface area (Å²) < 4.78 is 37.3. The van der Waals surface area contributed by atoms with Crippen molar-refractivity contribution in [2.75, 3.05) is 13.1 Å². The van der Waals surface area contributed by atoms with Gasteiger partial charge in [-0.25, -0.2) is 0 Å². The Kier molecular flexibility index (Phi) is 3.66. The second-order valence-electron chi connectivity index (χ2n) is 4.40. The van der Waals surface area contributed by atoms with Crippen LogP contribution < -0.4 is 0 Å². The van der Waals surface area contributed by atoms with Crippen LogP contribution in [0.25, 0.3) is 0 Å². The number of likely N-dealkylation sites (tertiary alicyclic amines) is 1. The Morgan fingerprint density at radius 3 is 2.33 bits per heavy atom. The SMILES string of the molecule is O=C(N1CC(Cc2ccc(Br)cc2)C1)C(F)(F)F. The van der Waals surface area contributed by atoms with Crippen molar-refractivity contribution in [3.05, 3.63) is 34.3 Å². The Bertz CT molecular complexity index is 438. The molecule has 6 heteroatoms.